The fourth-order valence-corrected chi connectivity index (χ4v) is 2.44. The summed E-state index contributed by atoms with van der Waals surface area (Å²) in [6.07, 6.45) is 2.49. The monoisotopic (exact) mass is 238 g/mol. The highest BCUT2D eigenvalue weighted by atomic mass is 19.1. The highest BCUT2D eigenvalue weighted by Gasteiger charge is 2.27. The van der Waals surface area contributed by atoms with Gasteiger partial charge < -0.3 is 9.84 Å². The van der Waals surface area contributed by atoms with Crippen molar-refractivity contribution in [3.05, 3.63) is 29.1 Å². The standard InChI is InChI=1S/C13H15FO3/c1-17-11(16)7-5-9-3-2-8-4-6-10(15)13(14)12(8)9/h4,6,9,15H,2-3,5,7H2,1H3. The van der Waals surface area contributed by atoms with Gasteiger partial charge >= 0.3 is 5.97 Å². The first-order valence-corrected chi connectivity index (χ1v) is 5.70. The van der Waals surface area contributed by atoms with Crippen molar-refractivity contribution in [3.8, 4) is 5.75 Å². The van der Waals surface area contributed by atoms with E-state index in [4.69, 9.17) is 0 Å². The van der Waals surface area contributed by atoms with Crippen LogP contribution in [0, 0.1) is 5.82 Å². The summed E-state index contributed by atoms with van der Waals surface area (Å²) in [6.45, 7) is 0. The number of hydrogen-bond donors (Lipinski definition) is 1. The third-order valence-corrected chi connectivity index (χ3v) is 3.34. The van der Waals surface area contributed by atoms with E-state index in [2.05, 4.69) is 4.74 Å². The molecule has 1 unspecified atom stereocenters. The molecule has 0 heterocycles. The van der Waals surface area contributed by atoms with E-state index in [-0.39, 0.29) is 24.1 Å². The number of carbonyl (C=O) groups excluding carboxylic acids is 1. The molecule has 1 aliphatic rings. The Balaban J connectivity index is 2.16. The van der Waals surface area contributed by atoms with Crippen LogP contribution < -0.4 is 0 Å². The molecule has 3 nitrogen and oxygen atoms in total. The molecule has 1 aromatic rings. The van der Waals surface area contributed by atoms with Gasteiger partial charge in [0.05, 0.1) is 7.11 Å². The molecule has 2 rings (SSSR count). The molecule has 0 saturated carbocycles. The highest BCUT2D eigenvalue weighted by Crippen LogP contribution is 2.40. The second-order valence-electron chi connectivity index (χ2n) is 4.32. The van der Waals surface area contributed by atoms with Crippen LogP contribution in [0.4, 0.5) is 4.39 Å². The molecule has 0 aromatic heterocycles. The number of methoxy groups -OCH3 is 1. The smallest absolute Gasteiger partial charge is 0.305 e. The third kappa shape index (κ3) is 2.25. The largest absolute Gasteiger partial charge is 0.505 e. The van der Waals surface area contributed by atoms with Gasteiger partial charge in [-0.25, -0.2) is 4.39 Å². The first-order valence-electron chi connectivity index (χ1n) is 5.70. The summed E-state index contributed by atoms with van der Waals surface area (Å²) in [7, 11) is 1.34. The fraction of sp³-hybridized carbons (Fsp3) is 0.462. The maximum Gasteiger partial charge on any atom is 0.305 e. The number of phenols is 1. The average Bonchev–Trinajstić information content (AvgIpc) is 2.74. The van der Waals surface area contributed by atoms with E-state index in [1.54, 1.807) is 6.07 Å². The molecule has 4 heteroatoms. The number of aromatic hydroxyl groups is 1. The maximum absolute atomic E-state index is 13.8. The van der Waals surface area contributed by atoms with Crippen LogP contribution in [0.3, 0.4) is 0 Å². The molecule has 0 amide bonds. The number of ether oxygens (including phenoxy) is 1. The van der Waals surface area contributed by atoms with Gasteiger partial charge in [-0.15, -0.1) is 0 Å². The number of fused-ring (bicyclic) bond motifs is 1. The average molecular weight is 238 g/mol. The zero-order valence-electron chi connectivity index (χ0n) is 9.70. The summed E-state index contributed by atoms with van der Waals surface area (Å²) in [5.41, 5.74) is 1.52. The third-order valence-electron chi connectivity index (χ3n) is 3.34. The van der Waals surface area contributed by atoms with Gasteiger partial charge in [-0.3, -0.25) is 4.79 Å². The zero-order chi connectivity index (χ0) is 12.4. The number of phenolic OH excluding ortho intramolecular Hbond substituents is 1. The van der Waals surface area contributed by atoms with Crippen LogP contribution in [0.25, 0.3) is 0 Å². The summed E-state index contributed by atoms with van der Waals surface area (Å²) in [6, 6.07) is 3.14. The van der Waals surface area contributed by atoms with Crippen LogP contribution in [-0.4, -0.2) is 18.2 Å². The number of rotatable bonds is 3. The Morgan fingerprint density at radius 2 is 2.35 bits per heavy atom. The van der Waals surface area contributed by atoms with E-state index in [1.807, 2.05) is 0 Å². The van der Waals surface area contributed by atoms with Crippen LogP contribution in [0.2, 0.25) is 0 Å². The second kappa shape index (κ2) is 4.73. The lowest BCUT2D eigenvalue weighted by atomic mass is 9.95. The lowest BCUT2D eigenvalue weighted by Crippen LogP contribution is -2.04. The molecular weight excluding hydrogens is 223 g/mol. The molecule has 0 spiro atoms. The number of aryl methyl sites for hydroxylation is 1. The van der Waals surface area contributed by atoms with Gasteiger partial charge in [0, 0.05) is 6.42 Å². The van der Waals surface area contributed by atoms with Crippen molar-refractivity contribution < 1.29 is 19.0 Å². The van der Waals surface area contributed by atoms with Gasteiger partial charge in [0.1, 0.15) is 0 Å². The van der Waals surface area contributed by atoms with Crippen molar-refractivity contribution in [2.75, 3.05) is 7.11 Å². The Morgan fingerprint density at radius 3 is 3.06 bits per heavy atom. The summed E-state index contributed by atoms with van der Waals surface area (Å²) < 4.78 is 18.4. The predicted molar refractivity (Wildman–Crippen MR) is 60.4 cm³/mol. The van der Waals surface area contributed by atoms with Crippen LogP contribution in [0.5, 0.6) is 5.75 Å². The Bertz CT molecular complexity index is 443. The van der Waals surface area contributed by atoms with Crippen molar-refractivity contribution in [1.82, 2.24) is 0 Å². The van der Waals surface area contributed by atoms with Gasteiger partial charge in [-0.1, -0.05) is 6.07 Å². The van der Waals surface area contributed by atoms with E-state index in [0.717, 1.165) is 18.4 Å². The maximum atomic E-state index is 13.8. The minimum absolute atomic E-state index is 0.0104. The second-order valence-corrected chi connectivity index (χ2v) is 4.32. The first-order chi connectivity index (χ1) is 8.13. The van der Waals surface area contributed by atoms with Crippen molar-refractivity contribution in [1.29, 1.82) is 0 Å². The van der Waals surface area contributed by atoms with E-state index in [1.165, 1.54) is 13.2 Å². The minimum Gasteiger partial charge on any atom is -0.505 e. The minimum atomic E-state index is -0.533. The van der Waals surface area contributed by atoms with Gasteiger partial charge in [-0.05, 0) is 42.4 Å². The number of hydrogen-bond acceptors (Lipinski definition) is 3. The molecule has 0 saturated heterocycles. The zero-order valence-corrected chi connectivity index (χ0v) is 9.70. The Morgan fingerprint density at radius 1 is 1.59 bits per heavy atom. The molecule has 0 bridgehead atoms. The van der Waals surface area contributed by atoms with E-state index < -0.39 is 5.82 Å². The summed E-state index contributed by atoms with van der Waals surface area (Å²) in [5.74, 6) is -1.11. The van der Waals surface area contributed by atoms with Crippen LogP contribution >= 0.6 is 0 Å². The molecule has 92 valence electrons. The molecule has 1 aromatic carbocycles. The Hall–Kier alpha value is -1.58. The Kier molecular flexibility index (Phi) is 3.31. The summed E-state index contributed by atoms with van der Waals surface area (Å²) >= 11 is 0. The van der Waals surface area contributed by atoms with Crippen molar-refractivity contribution in [2.24, 2.45) is 0 Å². The van der Waals surface area contributed by atoms with E-state index >= 15 is 0 Å². The molecule has 1 N–H and O–H groups in total. The van der Waals surface area contributed by atoms with Crippen molar-refractivity contribution in [3.63, 3.8) is 0 Å². The van der Waals surface area contributed by atoms with Gasteiger partial charge in [0.2, 0.25) is 0 Å². The van der Waals surface area contributed by atoms with Crippen LogP contribution in [0.15, 0.2) is 12.1 Å². The molecule has 17 heavy (non-hydrogen) atoms. The summed E-state index contributed by atoms with van der Waals surface area (Å²) in [4.78, 5) is 11.1. The van der Waals surface area contributed by atoms with Crippen LogP contribution in [-0.2, 0) is 16.0 Å². The van der Waals surface area contributed by atoms with Crippen LogP contribution in [0.1, 0.15) is 36.3 Å². The fourth-order valence-electron chi connectivity index (χ4n) is 2.44. The van der Waals surface area contributed by atoms with Crippen molar-refractivity contribution in [2.45, 2.75) is 31.6 Å². The lowest BCUT2D eigenvalue weighted by molar-refractivity contribution is -0.140. The van der Waals surface area contributed by atoms with Gasteiger partial charge in [0.25, 0.3) is 0 Å². The quantitative estimate of drug-likeness (QED) is 0.823. The molecule has 1 atom stereocenters. The number of esters is 1. The molecular formula is C13H15FO3. The summed E-state index contributed by atoms with van der Waals surface area (Å²) in [5, 5.41) is 9.36. The van der Waals surface area contributed by atoms with Crippen molar-refractivity contribution >= 4 is 5.97 Å². The Labute approximate surface area is 99.2 Å². The molecule has 1 aliphatic carbocycles. The normalized spacial score (nSPS) is 17.9. The van der Waals surface area contributed by atoms with Gasteiger partial charge in [-0.2, -0.15) is 0 Å². The molecule has 0 radical (unpaired) electrons. The molecule has 0 aliphatic heterocycles. The lowest BCUT2D eigenvalue weighted by Gasteiger charge is -2.12. The highest BCUT2D eigenvalue weighted by molar-refractivity contribution is 5.69. The number of carbonyl (C=O) groups is 1. The molecule has 0 fully saturated rings. The van der Waals surface area contributed by atoms with E-state index in [0.29, 0.717) is 12.0 Å². The first kappa shape index (κ1) is 11.9. The van der Waals surface area contributed by atoms with Gasteiger partial charge in [0.15, 0.2) is 11.6 Å². The number of benzene rings is 1. The SMILES string of the molecule is COC(=O)CCC1CCc2ccc(O)c(F)c21. The number of halogens is 1. The van der Waals surface area contributed by atoms with E-state index in [9.17, 15) is 14.3 Å². The topological polar surface area (TPSA) is 46.5 Å². The predicted octanol–water partition coefficient (Wildman–Crippen LogP) is 2.51.